The summed E-state index contributed by atoms with van der Waals surface area (Å²) < 4.78 is 13.5. The van der Waals surface area contributed by atoms with Crippen LogP contribution in [0, 0.1) is 5.82 Å². The molecule has 0 spiro atoms. The van der Waals surface area contributed by atoms with E-state index in [0.29, 0.717) is 16.8 Å². The molecule has 6 nitrogen and oxygen atoms in total. The van der Waals surface area contributed by atoms with Gasteiger partial charge in [-0.05, 0) is 55.0 Å². The van der Waals surface area contributed by atoms with E-state index >= 15 is 0 Å². The van der Waals surface area contributed by atoms with Gasteiger partial charge in [-0.1, -0.05) is 49.2 Å². The Balaban J connectivity index is 1.40. The van der Waals surface area contributed by atoms with Crippen LogP contribution >= 0.6 is 0 Å². The first-order chi connectivity index (χ1) is 16.9. The van der Waals surface area contributed by atoms with Gasteiger partial charge >= 0.3 is 0 Å². The lowest BCUT2D eigenvalue weighted by Gasteiger charge is -2.31. The first-order valence-corrected chi connectivity index (χ1v) is 12.1. The average Bonchev–Trinajstić information content (AvgIpc) is 3.47. The number of amides is 3. The smallest absolute Gasteiger partial charge is 0.259 e. The van der Waals surface area contributed by atoms with Crippen LogP contribution < -0.4 is 10.2 Å². The fraction of sp³-hybridized carbons (Fsp3) is 0.321. The Morgan fingerprint density at radius 1 is 1.06 bits per heavy atom. The minimum absolute atomic E-state index is 0.125. The Hall–Kier alpha value is -3.74. The van der Waals surface area contributed by atoms with Gasteiger partial charge in [0.25, 0.3) is 5.91 Å². The van der Waals surface area contributed by atoms with Gasteiger partial charge in [-0.15, -0.1) is 0 Å². The van der Waals surface area contributed by atoms with Crippen LogP contribution in [0.5, 0.6) is 0 Å². The molecule has 7 heteroatoms. The molecule has 180 valence electrons. The molecule has 0 saturated heterocycles. The number of halogens is 1. The summed E-state index contributed by atoms with van der Waals surface area (Å²) >= 11 is 0. The molecule has 1 saturated carbocycles. The Morgan fingerprint density at radius 2 is 1.74 bits per heavy atom. The second-order valence-electron chi connectivity index (χ2n) is 9.39. The highest BCUT2D eigenvalue weighted by atomic mass is 19.1. The van der Waals surface area contributed by atoms with Crippen LogP contribution in [0.4, 0.5) is 10.1 Å². The lowest BCUT2D eigenvalue weighted by molar-refractivity contribution is -0.139. The molecule has 3 aromatic rings. The minimum atomic E-state index is -0.746. The second-order valence-corrected chi connectivity index (χ2v) is 9.39. The van der Waals surface area contributed by atoms with E-state index in [1.165, 1.54) is 21.9 Å². The van der Waals surface area contributed by atoms with Gasteiger partial charge < -0.3 is 10.2 Å². The normalized spacial score (nSPS) is 16.1. The van der Waals surface area contributed by atoms with E-state index in [0.717, 1.165) is 36.5 Å². The largest absolute Gasteiger partial charge is 0.352 e. The highest BCUT2D eigenvalue weighted by Gasteiger charge is 2.34. The molecule has 1 aliphatic heterocycles. The van der Waals surface area contributed by atoms with Gasteiger partial charge in [0.15, 0.2) is 0 Å². The Bertz CT molecular complexity index is 1280. The summed E-state index contributed by atoms with van der Waals surface area (Å²) in [7, 11) is 0. The van der Waals surface area contributed by atoms with Crippen molar-refractivity contribution in [2.75, 3.05) is 11.4 Å². The Morgan fingerprint density at radius 3 is 2.46 bits per heavy atom. The van der Waals surface area contributed by atoms with Crippen molar-refractivity contribution in [2.45, 2.75) is 51.2 Å². The van der Waals surface area contributed by atoms with Crippen molar-refractivity contribution in [1.29, 1.82) is 0 Å². The molecule has 1 N–H and O–H groups in total. The molecule has 1 atom stereocenters. The van der Waals surface area contributed by atoms with E-state index in [4.69, 9.17) is 0 Å². The molecule has 3 amide bonds. The molecule has 1 aliphatic carbocycles. The lowest BCUT2D eigenvalue weighted by atomic mass is 10.1. The number of nitrogens with zero attached hydrogens (tertiary/aromatic N) is 2. The molecule has 0 bridgehead atoms. The molecule has 1 fully saturated rings. The molecule has 1 heterocycles. The maximum Gasteiger partial charge on any atom is 0.259 e. The monoisotopic (exact) mass is 473 g/mol. The van der Waals surface area contributed by atoms with Gasteiger partial charge in [0, 0.05) is 23.5 Å². The molecular formula is C28H28FN3O3. The fourth-order valence-electron chi connectivity index (χ4n) is 5.12. The third-order valence-corrected chi connectivity index (χ3v) is 7.08. The number of anilines is 1. The molecule has 2 aliphatic rings. The van der Waals surface area contributed by atoms with Crippen molar-refractivity contribution in [3.8, 4) is 0 Å². The number of nitrogens with one attached hydrogen (secondary N) is 1. The van der Waals surface area contributed by atoms with E-state index in [1.54, 1.807) is 25.1 Å². The molecule has 5 rings (SSSR count). The number of carbonyl (C=O) groups is 3. The molecule has 35 heavy (non-hydrogen) atoms. The predicted octanol–water partition coefficient (Wildman–Crippen LogP) is 4.42. The lowest BCUT2D eigenvalue weighted by Crippen LogP contribution is -2.52. The third kappa shape index (κ3) is 4.50. The maximum atomic E-state index is 13.6. The summed E-state index contributed by atoms with van der Waals surface area (Å²) in [5.41, 5.74) is 1.97. The number of benzene rings is 3. The van der Waals surface area contributed by atoms with E-state index in [9.17, 15) is 18.8 Å². The third-order valence-electron chi connectivity index (χ3n) is 7.08. The van der Waals surface area contributed by atoms with Crippen LogP contribution in [0.2, 0.25) is 0 Å². The highest BCUT2D eigenvalue weighted by molar-refractivity contribution is 6.26. The zero-order chi connectivity index (χ0) is 24.5. The van der Waals surface area contributed by atoms with Gasteiger partial charge in [0.1, 0.15) is 18.4 Å². The zero-order valence-corrected chi connectivity index (χ0v) is 19.7. The van der Waals surface area contributed by atoms with Crippen LogP contribution in [-0.4, -0.2) is 41.2 Å². The van der Waals surface area contributed by atoms with Crippen molar-refractivity contribution in [3.63, 3.8) is 0 Å². The van der Waals surface area contributed by atoms with E-state index in [1.807, 2.05) is 30.3 Å². The summed E-state index contributed by atoms with van der Waals surface area (Å²) in [4.78, 5) is 42.9. The quantitative estimate of drug-likeness (QED) is 0.553. The SMILES string of the molecule is C[C@H](C(=O)NC1CCCC1)N(Cc1ccc(F)cc1)C(=O)CN1C(=O)c2cccc3cccc1c23. The maximum absolute atomic E-state index is 13.6. The summed E-state index contributed by atoms with van der Waals surface area (Å²) in [6, 6.07) is 16.5. The molecular weight excluding hydrogens is 445 g/mol. The van der Waals surface area contributed by atoms with Crippen LogP contribution in [0.3, 0.4) is 0 Å². The summed E-state index contributed by atoms with van der Waals surface area (Å²) in [5.74, 6) is -1.16. The van der Waals surface area contributed by atoms with Gasteiger partial charge in [-0.2, -0.15) is 0 Å². The molecule has 0 radical (unpaired) electrons. The van der Waals surface area contributed by atoms with Crippen molar-refractivity contribution in [3.05, 3.63) is 77.6 Å². The zero-order valence-electron chi connectivity index (χ0n) is 19.7. The Labute approximate surface area is 203 Å². The number of hydrogen-bond donors (Lipinski definition) is 1. The van der Waals surface area contributed by atoms with Gasteiger partial charge in [-0.3, -0.25) is 19.3 Å². The second kappa shape index (κ2) is 9.49. The van der Waals surface area contributed by atoms with Crippen molar-refractivity contribution in [1.82, 2.24) is 10.2 Å². The van der Waals surface area contributed by atoms with E-state index in [-0.39, 0.29) is 42.7 Å². The van der Waals surface area contributed by atoms with E-state index < -0.39 is 6.04 Å². The Kier molecular flexibility index (Phi) is 6.24. The average molecular weight is 474 g/mol. The summed E-state index contributed by atoms with van der Waals surface area (Å²) in [6.45, 7) is 1.65. The van der Waals surface area contributed by atoms with Crippen molar-refractivity contribution in [2.24, 2.45) is 0 Å². The van der Waals surface area contributed by atoms with Crippen LogP contribution in [0.25, 0.3) is 10.8 Å². The standard InChI is InChI=1S/C28H28FN3O3/c1-18(27(34)30-22-8-2-3-9-22)31(16-19-12-14-21(29)15-13-19)25(33)17-32-24-11-5-7-20-6-4-10-23(26(20)24)28(32)35/h4-7,10-15,18,22H,2-3,8-9,16-17H2,1H3,(H,30,34)/t18-/m1/s1. The molecule has 0 aromatic heterocycles. The number of hydrogen-bond acceptors (Lipinski definition) is 3. The molecule has 0 unspecified atom stereocenters. The van der Waals surface area contributed by atoms with Gasteiger partial charge in [0.05, 0.1) is 5.69 Å². The first-order valence-electron chi connectivity index (χ1n) is 12.1. The van der Waals surface area contributed by atoms with Crippen molar-refractivity contribution < 1.29 is 18.8 Å². The van der Waals surface area contributed by atoms with Crippen LogP contribution in [0.15, 0.2) is 60.7 Å². The van der Waals surface area contributed by atoms with Gasteiger partial charge in [0.2, 0.25) is 11.8 Å². The van der Waals surface area contributed by atoms with Crippen molar-refractivity contribution >= 4 is 34.2 Å². The van der Waals surface area contributed by atoms with Crippen LogP contribution in [-0.2, 0) is 16.1 Å². The van der Waals surface area contributed by atoms with Gasteiger partial charge in [-0.25, -0.2) is 4.39 Å². The topological polar surface area (TPSA) is 69.7 Å². The van der Waals surface area contributed by atoms with E-state index in [2.05, 4.69) is 5.32 Å². The summed E-state index contributed by atoms with van der Waals surface area (Å²) in [6.07, 6.45) is 4.05. The number of rotatable bonds is 7. The highest BCUT2D eigenvalue weighted by Crippen LogP contribution is 2.37. The molecule has 3 aromatic carbocycles. The predicted molar refractivity (Wildman–Crippen MR) is 132 cm³/mol. The van der Waals surface area contributed by atoms with Crippen LogP contribution in [0.1, 0.15) is 48.5 Å². The first kappa shape index (κ1) is 23.0. The number of carbonyl (C=O) groups excluding carboxylic acids is 3. The fourth-order valence-corrected chi connectivity index (χ4v) is 5.12. The summed E-state index contributed by atoms with van der Waals surface area (Å²) in [5, 5.41) is 4.85. The minimum Gasteiger partial charge on any atom is -0.352 e.